The van der Waals surface area contributed by atoms with Crippen LogP contribution in [0.1, 0.15) is 20.0 Å². The van der Waals surface area contributed by atoms with E-state index >= 15 is 0 Å². The van der Waals surface area contributed by atoms with Gasteiger partial charge in [0.2, 0.25) is 5.78 Å². The van der Waals surface area contributed by atoms with E-state index in [-0.39, 0.29) is 15.5 Å². The average molecular weight is 383 g/mol. The summed E-state index contributed by atoms with van der Waals surface area (Å²) in [5.74, 6) is -2.02. The number of ether oxygens (including phenoxy) is 1. The van der Waals surface area contributed by atoms with Gasteiger partial charge in [-0.3, -0.25) is 4.79 Å². The van der Waals surface area contributed by atoms with Crippen molar-refractivity contribution in [2.24, 2.45) is 0 Å². The Balaban J connectivity index is 1.77. The van der Waals surface area contributed by atoms with Crippen molar-refractivity contribution in [3.63, 3.8) is 0 Å². The van der Waals surface area contributed by atoms with Crippen LogP contribution in [-0.2, 0) is 4.74 Å². The Morgan fingerprint density at radius 2 is 1.88 bits per heavy atom. The summed E-state index contributed by atoms with van der Waals surface area (Å²) >= 11 is 13.2. The maximum absolute atomic E-state index is 13.5. The number of hydrogen-bond donors (Lipinski definition) is 0. The maximum atomic E-state index is 13.5. The number of benzene rings is 2. The normalized spacial score (nSPS) is 10.8. The van der Waals surface area contributed by atoms with Crippen molar-refractivity contribution < 1.29 is 18.7 Å². The Labute approximate surface area is 150 Å². The first kappa shape index (κ1) is 16.9. The Bertz CT molecular complexity index is 952. The molecule has 0 amide bonds. The van der Waals surface area contributed by atoms with E-state index in [0.717, 1.165) is 16.0 Å². The Morgan fingerprint density at radius 1 is 1.12 bits per heavy atom. The van der Waals surface area contributed by atoms with E-state index < -0.39 is 24.2 Å². The van der Waals surface area contributed by atoms with Gasteiger partial charge in [0.15, 0.2) is 6.61 Å². The van der Waals surface area contributed by atoms with Gasteiger partial charge < -0.3 is 4.74 Å². The minimum atomic E-state index is -0.734. The van der Waals surface area contributed by atoms with Crippen molar-refractivity contribution in [1.82, 2.24) is 0 Å². The fourth-order valence-electron chi connectivity index (χ4n) is 2.13. The van der Waals surface area contributed by atoms with Crippen LogP contribution < -0.4 is 0 Å². The lowest BCUT2D eigenvalue weighted by molar-refractivity contribution is 0.0478. The van der Waals surface area contributed by atoms with Gasteiger partial charge in [-0.25, -0.2) is 9.18 Å². The lowest BCUT2D eigenvalue weighted by Crippen LogP contribution is -2.14. The van der Waals surface area contributed by atoms with Crippen LogP contribution in [0.25, 0.3) is 10.1 Å². The van der Waals surface area contributed by atoms with Crippen molar-refractivity contribution in [3.8, 4) is 0 Å². The number of hydrogen-bond acceptors (Lipinski definition) is 4. The first-order valence-electron chi connectivity index (χ1n) is 6.80. The second-order valence-corrected chi connectivity index (χ2v) is 6.73. The first-order valence-corrected chi connectivity index (χ1v) is 8.37. The van der Waals surface area contributed by atoms with E-state index in [4.69, 9.17) is 27.9 Å². The lowest BCUT2D eigenvalue weighted by Gasteiger charge is -2.04. The van der Waals surface area contributed by atoms with Gasteiger partial charge in [-0.05, 0) is 24.3 Å². The summed E-state index contributed by atoms with van der Waals surface area (Å²) in [5.41, 5.74) is -0.125. The summed E-state index contributed by atoms with van der Waals surface area (Å²) in [6.07, 6.45) is 0. The second-order valence-electron chi connectivity index (χ2n) is 4.86. The summed E-state index contributed by atoms with van der Waals surface area (Å²) in [4.78, 5) is 24.3. The van der Waals surface area contributed by atoms with E-state index in [1.807, 2.05) is 0 Å². The Morgan fingerprint density at radius 3 is 2.62 bits per heavy atom. The third kappa shape index (κ3) is 3.29. The minimum absolute atomic E-state index is 0.125. The van der Waals surface area contributed by atoms with Gasteiger partial charge in [-0.2, -0.15) is 0 Å². The molecular weight excluding hydrogens is 374 g/mol. The predicted octanol–water partition coefficient (Wildman–Crippen LogP) is 5.39. The zero-order chi connectivity index (χ0) is 17.3. The average Bonchev–Trinajstić information content (AvgIpc) is 2.89. The third-order valence-corrected chi connectivity index (χ3v) is 5.16. The van der Waals surface area contributed by atoms with Crippen LogP contribution in [0.5, 0.6) is 0 Å². The van der Waals surface area contributed by atoms with Crippen LogP contribution in [-0.4, -0.2) is 18.4 Å². The number of carbonyl (C=O) groups excluding carboxylic acids is 2. The quantitative estimate of drug-likeness (QED) is 0.448. The highest BCUT2D eigenvalue weighted by molar-refractivity contribution is 7.21. The molecule has 0 aliphatic carbocycles. The zero-order valence-electron chi connectivity index (χ0n) is 12.0. The lowest BCUT2D eigenvalue weighted by atomic mass is 10.1. The number of Topliss-reactive ketones (excluding diaryl/α,β-unsaturated/α-hetero) is 1. The summed E-state index contributed by atoms with van der Waals surface area (Å²) < 4.78 is 19.2. The monoisotopic (exact) mass is 382 g/mol. The molecule has 0 unspecified atom stereocenters. The molecule has 0 bridgehead atoms. The van der Waals surface area contributed by atoms with Crippen molar-refractivity contribution >= 4 is 56.4 Å². The SMILES string of the molecule is O=C(COC(=O)c1sc2cc(Cl)ccc2c1Cl)c1ccccc1F. The number of carbonyl (C=O) groups is 2. The van der Waals surface area contributed by atoms with Crippen molar-refractivity contribution in [1.29, 1.82) is 0 Å². The number of ketones is 1. The minimum Gasteiger partial charge on any atom is -0.453 e. The van der Waals surface area contributed by atoms with Crippen LogP contribution in [0.4, 0.5) is 4.39 Å². The highest BCUT2D eigenvalue weighted by Gasteiger charge is 2.20. The second kappa shape index (κ2) is 6.89. The van der Waals surface area contributed by atoms with Crippen LogP contribution in [0.3, 0.4) is 0 Å². The molecule has 3 nitrogen and oxygen atoms in total. The standard InChI is InChI=1S/C17H9Cl2FO3S/c18-9-5-6-11-14(7-9)24-16(15(11)19)17(22)23-8-13(21)10-3-1-2-4-12(10)20/h1-7H,8H2. The summed E-state index contributed by atoms with van der Waals surface area (Å²) in [5, 5.41) is 1.45. The largest absolute Gasteiger partial charge is 0.453 e. The maximum Gasteiger partial charge on any atom is 0.350 e. The highest BCUT2D eigenvalue weighted by atomic mass is 35.5. The molecule has 0 N–H and O–H groups in total. The molecular formula is C17H9Cl2FO3S. The van der Waals surface area contributed by atoms with Crippen molar-refractivity contribution in [2.75, 3.05) is 6.61 Å². The molecule has 7 heteroatoms. The molecule has 3 rings (SSSR count). The molecule has 0 spiro atoms. The number of esters is 1. The summed E-state index contributed by atoms with van der Waals surface area (Å²) in [6, 6.07) is 10.6. The molecule has 0 radical (unpaired) electrons. The van der Waals surface area contributed by atoms with Gasteiger partial charge >= 0.3 is 5.97 Å². The molecule has 0 aliphatic rings. The first-order chi connectivity index (χ1) is 11.5. The zero-order valence-corrected chi connectivity index (χ0v) is 14.3. The van der Waals surface area contributed by atoms with E-state index in [9.17, 15) is 14.0 Å². The molecule has 0 fully saturated rings. The van der Waals surface area contributed by atoms with Crippen LogP contribution >= 0.6 is 34.5 Å². The molecule has 2 aromatic carbocycles. The molecule has 3 aromatic rings. The molecule has 122 valence electrons. The number of halogens is 3. The highest BCUT2D eigenvalue weighted by Crippen LogP contribution is 2.37. The fourth-order valence-corrected chi connectivity index (χ4v) is 3.81. The van der Waals surface area contributed by atoms with Crippen LogP contribution in [0, 0.1) is 5.82 Å². The molecule has 1 aromatic heterocycles. The topological polar surface area (TPSA) is 43.4 Å². The van der Waals surface area contributed by atoms with Crippen LogP contribution in [0.15, 0.2) is 42.5 Å². The molecule has 24 heavy (non-hydrogen) atoms. The van der Waals surface area contributed by atoms with E-state index in [1.165, 1.54) is 24.3 Å². The van der Waals surface area contributed by atoms with E-state index in [2.05, 4.69) is 0 Å². The van der Waals surface area contributed by atoms with E-state index in [0.29, 0.717) is 10.4 Å². The van der Waals surface area contributed by atoms with Gasteiger partial charge in [0.05, 0.1) is 10.6 Å². The van der Waals surface area contributed by atoms with Crippen molar-refractivity contribution in [2.45, 2.75) is 0 Å². The predicted molar refractivity (Wildman–Crippen MR) is 92.9 cm³/mol. The molecule has 0 atom stereocenters. The van der Waals surface area contributed by atoms with Gasteiger partial charge in [-0.1, -0.05) is 41.4 Å². The number of fused-ring (bicyclic) bond motifs is 1. The van der Waals surface area contributed by atoms with Crippen LogP contribution in [0.2, 0.25) is 10.0 Å². The fraction of sp³-hybridized carbons (Fsp3) is 0.0588. The summed E-state index contributed by atoms with van der Waals surface area (Å²) in [6.45, 7) is -0.564. The van der Waals surface area contributed by atoms with E-state index in [1.54, 1.807) is 18.2 Å². The van der Waals surface area contributed by atoms with Gasteiger partial charge in [-0.15, -0.1) is 11.3 Å². The third-order valence-electron chi connectivity index (χ3n) is 3.29. The Kier molecular flexibility index (Phi) is 4.85. The Hall–Kier alpha value is -1.95. The van der Waals surface area contributed by atoms with Crippen molar-refractivity contribution in [3.05, 3.63) is 68.8 Å². The summed E-state index contributed by atoms with van der Waals surface area (Å²) in [7, 11) is 0. The molecule has 0 saturated heterocycles. The number of rotatable bonds is 4. The van der Waals surface area contributed by atoms with Gasteiger partial charge in [0.1, 0.15) is 10.7 Å². The van der Waals surface area contributed by atoms with Gasteiger partial charge in [0, 0.05) is 15.1 Å². The number of thiophene rings is 1. The molecule has 0 aliphatic heterocycles. The smallest absolute Gasteiger partial charge is 0.350 e. The molecule has 0 saturated carbocycles. The molecule has 1 heterocycles. The van der Waals surface area contributed by atoms with Gasteiger partial charge in [0.25, 0.3) is 0 Å².